The first-order valence-electron chi connectivity index (χ1n) is 5.90. The average Bonchev–Trinajstić information content (AvgIpc) is 2.28. The number of nitrogens with one attached hydrogen (secondary N) is 1. The van der Waals surface area contributed by atoms with E-state index in [-0.39, 0.29) is 6.04 Å². The van der Waals surface area contributed by atoms with Gasteiger partial charge in [0.25, 0.3) is 0 Å². The second kappa shape index (κ2) is 5.53. The summed E-state index contributed by atoms with van der Waals surface area (Å²) in [4.78, 5) is 0. The molecule has 0 aromatic heterocycles. The van der Waals surface area contributed by atoms with Crippen LogP contribution in [-0.2, 0) is 0 Å². The summed E-state index contributed by atoms with van der Waals surface area (Å²) >= 11 is 6.10. The van der Waals surface area contributed by atoms with E-state index >= 15 is 0 Å². The lowest BCUT2D eigenvalue weighted by Crippen LogP contribution is -2.28. The van der Waals surface area contributed by atoms with Gasteiger partial charge in [0.2, 0.25) is 0 Å². The van der Waals surface area contributed by atoms with Crippen LogP contribution < -0.4 is 11.3 Å². The lowest BCUT2D eigenvalue weighted by atomic mass is 9.97. The zero-order valence-electron chi connectivity index (χ0n) is 10.6. The monoisotopic (exact) mass is 260 g/mol. The number of hydrogen-bond acceptors (Lipinski definition) is 2. The standard InChI is InChI=1S/C15H17ClN2/c1-10-4-3-5-12(6-10)15(18-17)13-7-11(2)8-14(16)9-13/h3-9,15,18H,17H2,1-2H3. The van der Waals surface area contributed by atoms with Crippen molar-refractivity contribution >= 4 is 11.6 Å². The third kappa shape index (κ3) is 2.91. The van der Waals surface area contributed by atoms with Crippen LogP contribution in [0.25, 0.3) is 0 Å². The number of hydrazine groups is 1. The molecule has 0 aliphatic carbocycles. The minimum atomic E-state index is -0.0395. The van der Waals surface area contributed by atoms with E-state index in [1.807, 2.05) is 25.1 Å². The fourth-order valence-electron chi connectivity index (χ4n) is 2.17. The van der Waals surface area contributed by atoms with Crippen molar-refractivity contribution in [1.82, 2.24) is 5.43 Å². The zero-order valence-corrected chi connectivity index (χ0v) is 11.3. The van der Waals surface area contributed by atoms with Crippen LogP contribution in [0, 0.1) is 13.8 Å². The number of nitrogens with two attached hydrogens (primary N) is 1. The van der Waals surface area contributed by atoms with Gasteiger partial charge in [0.15, 0.2) is 0 Å². The summed E-state index contributed by atoms with van der Waals surface area (Å²) in [7, 11) is 0. The quantitative estimate of drug-likeness (QED) is 0.655. The van der Waals surface area contributed by atoms with Gasteiger partial charge in [-0.1, -0.05) is 47.5 Å². The molecular weight excluding hydrogens is 244 g/mol. The maximum Gasteiger partial charge on any atom is 0.0710 e. The Kier molecular flexibility index (Phi) is 4.02. The molecule has 2 nitrogen and oxygen atoms in total. The Morgan fingerprint density at radius 3 is 2.33 bits per heavy atom. The highest BCUT2D eigenvalue weighted by Gasteiger charge is 2.13. The zero-order chi connectivity index (χ0) is 13.1. The third-order valence-electron chi connectivity index (χ3n) is 2.94. The number of aryl methyl sites for hydroxylation is 2. The van der Waals surface area contributed by atoms with Gasteiger partial charge < -0.3 is 0 Å². The normalized spacial score (nSPS) is 12.4. The molecule has 2 rings (SSSR count). The van der Waals surface area contributed by atoms with Crippen molar-refractivity contribution in [1.29, 1.82) is 0 Å². The van der Waals surface area contributed by atoms with Crippen LogP contribution in [0.2, 0.25) is 5.02 Å². The fraction of sp³-hybridized carbons (Fsp3) is 0.200. The molecule has 1 atom stereocenters. The topological polar surface area (TPSA) is 38.0 Å². The highest BCUT2D eigenvalue weighted by atomic mass is 35.5. The highest BCUT2D eigenvalue weighted by molar-refractivity contribution is 6.30. The lowest BCUT2D eigenvalue weighted by molar-refractivity contribution is 0.636. The molecule has 0 spiro atoms. The van der Waals surface area contributed by atoms with E-state index in [1.165, 1.54) is 5.56 Å². The van der Waals surface area contributed by atoms with E-state index in [1.54, 1.807) is 0 Å². The molecule has 0 bridgehead atoms. The van der Waals surface area contributed by atoms with Gasteiger partial charge in [-0.25, -0.2) is 5.43 Å². The van der Waals surface area contributed by atoms with Crippen molar-refractivity contribution in [2.24, 2.45) is 5.84 Å². The average molecular weight is 261 g/mol. The molecule has 18 heavy (non-hydrogen) atoms. The summed E-state index contributed by atoms with van der Waals surface area (Å²) in [5, 5.41) is 0.734. The second-order valence-corrected chi connectivity index (χ2v) is 5.01. The molecule has 0 radical (unpaired) electrons. The molecule has 2 aromatic carbocycles. The molecular formula is C15H17ClN2. The van der Waals surface area contributed by atoms with Gasteiger partial charge in [0.05, 0.1) is 6.04 Å². The fourth-order valence-corrected chi connectivity index (χ4v) is 2.46. The number of benzene rings is 2. The number of rotatable bonds is 3. The van der Waals surface area contributed by atoms with Crippen molar-refractivity contribution in [3.05, 3.63) is 69.7 Å². The van der Waals surface area contributed by atoms with E-state index in [0.717, 1.165) is 21.7 Å². The molecule has 0 saturated heterocycles. The molecule has 94 valence electrons. The predicted octanol–water partition coefficient (Wildman–Crippen LogP) is 3.51. The predicted molar refractivity (Wildman–Crippen MR) is 76.5 cm³/mol. The molecule has 3 heteroatoms. The van der Waals surface area contributed by atoms with Gasteiger partial charge in [-0.05, 0) is 42.7 Å². The van der Waals surface area contributed by atoms with Crippen LogP contribution in [0.4, 0.5) is 0 Å². The van der Waals surface area contributed by atoms with Gasteiger partial charge in [-0.3, -0.25) is 5.84 Å². The number of hydrogen-bond donors (Lipinski definition) is 2. The smallest absolute Gasteiger partial charge is 0.0710 e. The van der Waals surface area contributed by atoms with E-state index in [4.69, 9.17) is 17.4 Å². The van der Waals surface area contributed by atoms with Crippen molar-refractivity contribution in [2.45, 2.75) is 19.9 Å². The first-order chi connectivity index (χ1) is 8.60. The van der Waals surface area contributed by atoms with Gasteiger partial charge in [0, 0.05) is 5.02 Å². The van der Waals surface area contributed by atoms with E-state index in [0.29, 0.717) is 0 Å². The second-order valence-electron chi connectivity index (χ2n) is 4.58. The molecule has 0 saturated carbocycles. The minimum Gasteiger partial charge on any atom is -0.271 e. The molecule has 0 heterocycles. The summed E-state index contributed by atoms with van der Waals surface area (Å²) < 4.78 is 0. The van der Waals surface area contributed by atoms with E-state index < -0.39 is 0 Å². The molecule has 0 aliphatic rings. The molecule has 0 amide bonds. The van der Waals surface area contributed by atoms with Crippen molar-refractivity contribution in [2.75, 3.05) is 0 Å². The molecule has 3 N–H and O–H groups in total. The molecule has 0 fully saturated rings. The van der Waals surface area contributed by atoms with Crippen LogP contribution in [0.5, 0.6) is 0 Å². The summed E-state index contributed by atoms with van der Waals surface area (Å²) in [6, 6.07) is 14.2. The van der Waals surface area contributed by atoms with Crippen LogP contribution in [0.1, 0.15) is 28.3 Å². The van der Waals surface area contributed by atoms with Gasteiger partial charge in [-0.15, -0.1) is 0 Å². The number of halogens is 1. The Morgan fingerprint density at radius 2 is 1.72 bits per heavy atom. The van der Waals surface area contributed by atoms with Crippen molar-refractivity contribution < 1.29 is 0 Å². The Bertz CT molecular complexity index is 532. The maximum absolute atomic E-state index is 6.10. The van der Waals surface area contributed by atoms with E-state index in [9.17, 15) is 0 Å². The van der Waals surface area contributed by atoms with E-state index in [2.05, 4.69) is 36.6 Å². The van der Waals surface area contributed by atoms with Crippen molar-refractivity contribution in [3.8, 4) is 0 Å². The van der Waals surface area contributed by atoms with Gasteiger partial charge >= 0.3 is 0 Å². The van der Waals surface area contributed by atoms with Crippen LogP contribution >= 0.6 is 11.6 Å². The van der Waals surface area contributed by atoms with Crippen molar-refractivity contribution in [3.63, 3.8) is 0 Å². The third-order valence-corrected chi connectivity index (χ3v) is 3.16. The Morgan fingerprint density at radius 1 is 1.00 bits per heavy atom. The SMILES string of the molecule is Cc1cccc(C(NN)c2cc(C)cc(Cl)c2)c1. The molecule has 1 unspecified atom stereocenters. The summed E-state index contributed by atoms with van der Waals surface area (Å²) in [6.07, 6.45) is 0. The summed E-state index contributed by atoms with van der Waals surface area (Å²) in [5.74, 6) is 5.69. The largest absolute Gasteiger partial charge is 0.271 e. The summed E-state index contributed by atoms with van der Waals surface area (Å²) in [5.41, 5.74) is 7.42. The van der Waals surface area contributed by atoms with Crippen LogP contribution in [0.3, 0.4) is 0 Å². The molecule has 0 aliphatic heterocycles. The summed E-state index contributed by atoms with van der Waals surface area (Å²) in [6.45, 7) is 4.10. The Hall–Kier alpha value is -1.35. The molecule has 2 aromatic rings. The van der Waals surface area contributed by atoms with Crippen LogP contribution in [0.15, 0.2) is 42.5 Å². The highest BCUT2D eigenvalue weighted by Crippen LogP contribution is 2.25. The van der Waals surface area contributed by atoms with Crippen LogP contribution in [-0.4, -0.2) is 0 Å². The first kappa shape index (κ1) is 13.1. The van der Waals surface area contributed by atoms with Gasteiger partial charge in [-0.2, -0.15) is 0 Å². The lowest BCUT2D eigenvalue weighted by Gasteiger charge is -2.18. The Labute approximate surface area is 113 Å². The first-order valence-corrected chi connectivity index (χ1v) is 6.28. The van der Waals surface area contributed by atoms with Gasteiger partial charge in [0.1, 0.15) is 0 Å². The Balaban J connectivity index is 2.45. The minimum absolute atomic E-state index is 0.0395. The maximum atomic E-state index is 6.10.